The van der Waals surface area contributed by atoms with Crippen molar-refractivity contribution in [3.63, 3.8) is 0 Å². The molecule has 1 amide bonds. The minimum atomic E-state index is 0.209. The minimum absolute atomic E-state index is 0.209. The van der Waals surface area contributed by atoms with Gasteiger partial charge in [0, 0.05) is 24.2 Å². The molecule has 21 heavy (non-hydrogen) atoms. The first-order chi connectivity index (χ1) is 10.3. The number of carbonyl (C=O) groups is 1. The molecule has 0 spiro atoms. The number of rotatable bonds is 5. The maximum atomic E-state index is 12.3. The molecule has 3 nitrogen and oxygen atoms in total. The van der Waals surface area contributed by atoms with E-state index >= 15 is 0 Å². The van der Waals surface area contributed by atoms with Crippen LogP contribution in [0.3, 0.4) is 0 Å². The Morgan fingerprint density at radius 1 is 0.952 bits per heavy atom. The van der Waals surface area contributed by atoms with Crippen LogP contribution in [0.5, 0.6) is 0 Å². The maximum absolute atomic E-state index is 12.3. The summed E-state index contributed by atoms with van der Waals surface area (Å²) in [6, 6.07) is 9.01. The molecule has 1 aromatic carbocycles. The van der Waals surface area contributed by atoms with Crippen molar-refractivity contribution in [3.8, 4) is 0 Å². The van der Waals surface area contributed by atoms with Gasteiger partial charge in [-0.15, -0.1) is 0 Å². The van der Waals surface area contributed by atoms with Gasteiger partial charge in [0.1, 0.15) is 0 Å². The second-order valence-corrected chi connectivity index (χ2v) is 6.53. The maximum Gasteiger partial charge on any atom is 0.227 e. The molecular formula is C18H26N2O. The highest BCUT2D eigenvalue weighted by molar-refractivity contribution is 5.92. The highest BCUT2D eigenvalue weighted by Crippen LogP contribution is 2.24. The van der Waals surface area contributed by atoms with Crippen molar-refractivity contribution < 1.29 is 4.79 Å². The Hall–Kier alpha value is -1.35. The van der Waals surface area contributed by atoms with Gasteiger partial charge in [0.05, 0.1) is 0 Å². The van der Waals surface area contributed by atoms with Crippen LogP contribution in [0.15, 0.2) is 24.3 Å². The van der Waals surface area contributed by atoms with Gasteiger partial charge in [0.25, 0.3) is 0 Å². The Labute approximate surface area is 127 Å². The monoisotopic (exact) mass is 286 g/mol. The zero-order valence-corrected chi connectivity index (χ0v) is 12.7. The molecule has 0 bridgehead atoms. The second-order valence-electron chi connectivity index (χ2n) is 6.53. The molecule has 3 heteroatoms. The molecular weight excluding hydrogens is 260 g/mol. The molecule has 0 unspecified atom stereocenters. The number of hydrogen-bond donors (Lipinski definition) is 2. The van der Waals surface area contributed by atoms with Crippen molar-refractivity contribution in [2.75, 3.05) is 5.32 Å². The third kappa shape index (κ3) is 4.57. The van der Waals surface area contributed by atoms with Crippen LogP contribution in [-0.2, 0) is 11.3 Å². The van der Waals surface area contributed by atoms with Crippen molar-refractivity contribution in [2.24, 2.45) is 5.92 Å². The summed E-state index contributed by atoms with van der Waals surface area (Å²) in [6.07, 6.45) is 9.70. The number of benzene rings is 1. The molecule has 0 radical (unpaired) electrons. The summed E-state index contributed by atoms with van der Waals surface area (Å²) in [5.41, 5.74) is 2.22. The largest absolute Gasteiger partial charge is 0.326 e. The summed E-state index contributed by atoms with van der Waals surface area (Å²) in [7, 11) is 0. The summed E-state index contributed by atoms with van der Waals surface area (Å²) in [5.74, 6) is 0.421. The van der Waals surface area contributed by atoms with Crippen molar-refractivity contribution >= 4 is 11.6 Å². The van der Waals surface area contributed by atoms with Gasteiger partial charge in [0.2, 0.25) is 5.91 Å². The number of carbonyl (C=O) groups excluding carboxylic acids is 1. The zero-order valence-electron chi connectivity index (χ0n) is 12.7. The third-order valence-electron chi connectivity index (χ3n) is 4.62. The van der Waals surface area contributed by atoms with Crippen molar-refractivity contribution in [3.05, 3.63) is 29.8 Å². The van der Waals surface area contributed by atoms with Crippen LogP contribution in [0.1, 0.15) is 56.9 Å². The van der Waals surface area contributed by atoms with Crippen LogP contribution >= 0.6 is 0 Å². The highest BCUT2D eigenvalue weighted by atomic mass is 16.1. The van der Waals surface area contributed by atoms with E-state index in [1.165, 1.54) is 44.1 Å². The van der Waals surface area contributed by atoms with Crippen LogP contribution in [-0.4, -0.2) is 11.9 Å². The van der Waals surface area contributed by atoms with Gasteiger partial charge < -0.3 is 10.6 Å². The lowest BCUT2D eigenvalue weighted by atomic mass is 9.99. The SMILES string of the molecule is O=C(Nc1ccc(CNC2CC2)cc1)C1CCCCCC1. The van der Waals surface area contributed by atoms with Gasteiger partial charge in [-0.05, 0) is 43.4 Å². The average molecular weight is 286 g/mol. The Morgan fingerprint density at radius 2 is 1.62 bits per heavy atom. The molecule has 0 atom stereocenters. The van der Waals surface area contributed by atoms with E-state index in [-0.39, 0.29) is 11.8 Å². The lowest BCUT2D eigenvalue weighted by molar-refractivity contribution is -0.120. The molecule has 2 saturated carbocycles. The number of nitrogens with one attached hydrogen (secondary N) is 2. The van der Waals surface area contributed by atoms with Crippen molar-refractivity contribution in [1.29, 1.82) is 0 Å². The quantitative estimate of drug-likeness (QED) is 0.807. The fraction of sp³-hybridized carbons (Fsp3) is 0.611. The fourth-order valence-electron chi connectivity index (χ4n) is 3.04. The lowest BCUT2D eigenvalue weighted by Crippen LogP contribution is -2.22. The van der Waals surface area contributed by atoms with Gasteiger partial charge in [-0.1, -0.05) is 37.8 Å². The zero-order chi connectivity index (χ0) is 14.5. The molecule has 0 aromatic heterocycles. The number of anilines is 1. The van der Waals surface area contributed by atoms with E-state index in [1.807, 2.05) is 12.1 Å². The van der Waals surface area contributed by atoms with Crippen LogP contribution in [0.4, 0.5) is 5.69 Å². The van der Waals surface area contributed by atoms with E-state index in [9.17, 15) is 4.79 Å². The van der Waals surface area contributed by atoms with E-state index in [0.29, 0.717) is 0 Å². The molecule has 2 fully saturated rings. The normalized spacial score (nSPS) is 20.0. The first-order valence-corrected chi connectivity index (χ1v) is 8.44. The predicted molar refractivity (Wildman–Crippen MR) is 86.1 cm³/mol. The van der Waals surface area contributed by atoms with Gasteiger partial charge in [0.15, 0.2) is 0 Å². The molecule has 114 valence electrons. The second kappa shape index (κ2) is 7.08. The fourth-order valence-corrected chi connectivity index (χ4v) is 3.04. The first-order valence-electron chi connectivity index (χ1n) is 8.44. The van der Waals surface area contributed by atoms with E-state index < -0.39 is 0 Å². The Bertz CT molecular complexity index is 457. The van der Waals surface area contributed by atoms with Crippen LogP contribution in [0.2, 0.25) is 0 Å². The third-order valence-corrected chi connectivity index (χ3v) is 4.62. The molecule has 1 aromatic rings. The van der Waals surface area contributed by atoms with Gasteiger partial charge in [-0.25, -0.2) is 0 Å². The summed E-state index contributed by atoms with van der Waals surface area (Å²) in [4.78, 5) is 12.3. The van der Waals surface area contributed by atoms with Gasteiger partial charge in [-0.2, -0.15) is 0 Å². The Morgan fingerprint density at radius 3 is 2.24 bits per heavy atom. The van der Waals surface area contributed by atoms with Gasteiger partial charge >= 0.3 is 0 Å². The molecule has 2 aliphatic carbocycles. The summed E-state index contributed by atoms with van der Waals surface area (Å²) < 4.78 is 0. The molecule has 0 aliphatic heterocycles. The van der Waals surface area contributed by atoms with Gasteiger partial charge in [-0.3, -0.25) is 4.79 Å². The topological polar surface area (TPSA) is 41.1 Å². The molecule has 2 aliphatic rings. The molecule has 0 saturated heterocycles. The van der Waals surface area contributed by atoms with Crippen LogP contribution in [0, 0.1) is 5.92 Å². The molecule has 2 N–H and O–H groups in total. The molecule has 3 rings (SSSR count). The number of amides is 1. The Kier molecular flexibility index (Phi) is 4.91. The van der Waals surface area contributed by atoms with Crippen molar-refractivity contribution in [2.45, 2.75) is 64.0 Å². The van der Waals surface area contributed by atoms with Crippen LogP contribution < -0.4 is 10.6 Å². The van der Waals surface area contributed by atoms with Crippen molar-refractivity contribution in [1.82, 2.24) is 5.32 Å². The first kappa shape index (κ1) is 14.6. The van der Waals surface area contributed by atoms with E-state index in [0.717, 1.165) is 31.1 Å². The minimum Gasteiger partial charge on any atom is -0.326 e. The van der Waals surface area contributed by atoms with Crippen LogP contribution in [0.25, 0.3) is 0 Å². The molecule has 0 heterocycles. The predicted octanol–water partition coefficient (Wildman–Crippen LogP) is 3.85. The number of hydrogen-bond acceptors (Lipinski definition) is 2. The highest BCUT2D eigenvalue weighted by Gasteiger charge is 2.21. The average Bonchev–Trinajstić information content (AvgIpc) is 3.33. The van der Waals surface area contributed by atoms with E-state index in [1.54, 1.807) is 0 Å². The summed E-state index contributed by atoms with van der Waals surface area (Å²) >= 11 is 0. The summed E-state index contributed by atoms with van der Waals surface area (Å²) in [6.45, 7) is 0.932. The van der Waals surface area contributed by atoms with E-state index in [2.05, 4.69) is 22.8 Å². The lowest BCUT2D eigenvalue weighted by Gasteiger charge is -2.14. The Balaban J connectivity index is 1.50. The standard InChI is InChI=1S/C18H26N2O/c21-18(15-5-3-1-2-4-6-15)20-17-9-7-14(8-10-17)13-19-16-11-12-16/h7-10,15-16,19H,1-6,11-13H2,(H,20,21). The summed E-state index contributed by atoms with van der Waals surface area (Å²) in [5, 5.41) is 6.59. The van der Waals surface area contributed by atoms with E-state index in [4.69, 9.17) is 0 Å². The smallest absolute Gasteiger partial charge is 0.227 e.